The van der Waals surface area contributed by atoms with Crippen LogP contribution in [0.5, 0.6) is 5.75 Å². The second-order valence-corrected chi connectivity index (χ2v) is 28.6. The molecule has 0 radical (unpaired) electrons. The number of hydroxylamine groups is 2. The lowest BCUT2D eigenvalue weighted by atomic mass is 9.85. The summed E-state index contributed by atoms with van der Waals surface area (Å²) in [7, 11) is -0.0754. The van der Waals surface area contributed by atoms with Crippen LogP contribution < -0.4 is 4.74 Å². The molecule has 1 fully saturated rings. The maximum atomic E-state index is 14.4. The van der Waals surface area contributed by atoms with Crippen LogP contribution in [0.4, 0.5) is 0 Å². The smallest absolute Gasteiger partial charge is 0.277 e. The van der Waals surface area contributed by atoms with Gasteiger partial charge in [0.25, 0.3) is 5.91 Å². The maximum absolute atomic E-state index is 14.4. The standard InChI is InChI=1S/C45H77NO8Si2/c1-29(2)55(30(3)4,31(5)6)51-28-40-43(50-27-37-23-25-39(48-16)26-24-37)42(54-56(32(7)8,33(9)10)34(11)12)35(13)41(53-40)44(45(47)46(15)49-17)52-36(14)38-21-19-18-20-22-38/h18-26,29-36,40-44H,27-28H2,1-17H3/t35-,36-,40+,41-,42+,43+,44?/m0/s1. The zero-order valence-electron chi connectivity index (χ0n) is 37.8. The minimum Gasteiger partial charge on any atom is -0.497 e. The van der Waals surface area contributed by atoms with Gasteiger partial charge in [-0.1, -0.05) is 132 Å². The summed E-state index contributed by atoms with van der Waals surface area (Å²) < 4.78 is 41.8. The highest BCUT2D eigenvalue weighted by Crippen LogP contribution is 2.48. The second kappa shape index (κ2) is 21.2. The summed E-state index contributed by atoms with van der Waals surface area (Å²) in [5, 5.41) is 1.25. The van der Waals surface area contributed by atoms with Crippen LogP contribution >= 0.6 is 0 Å². The summed E-state index contributed by atoms with van der Waals surface area (Å²) in [6.07, 6.45) is -3.57. The molecule has 1 aliphatic rings. The molecule has 1 aliphatic heterocycles. The van der Waals surface area contributed by atoms with E-state index in [0.29, 0.717) is 46.5 Å². The second-order valence-electron chi connectivity index (χ2n) is 17.8. The van der Waals surface area contributed by atoms with Gasteiger partial charge < -0.3 is 27.8 Å². The summed E-state index contributed by atoms with van der Waals surface area (Å²) in [5.74, 6) is 0.164. The Bertz CT molecular complexity index is 1410. The number of ether oxygens (including phenoxy) is 4. The minimum absolute atomic E-state index is 0.306. The molecule has 1 saturated heterocycles. The van der Waals surface area contributed by atoms with Crippen molar-refractivity contribution in [3.63, 3.8) is 0 Å². The maximum Gasteiger partial charge on any atom is 0.277 e. The molecular weight excluding hydrogens is 739 g/mol. The fourth-order valence-corrected chi connectivity index (χ4v) is 20.9. The molecule has 0 bridgehead atoms. The van der Waals surface area contributed by atoms with Gasteiger partial charge in [-0.15, -0.1) is 0 Å². The average molecular weight is 816 g/mol. The summed E-state index contributed by atoms with van der Waals surface area (Å²) in [6.45, 7) is 32.4. The molecule has 7 atom stereocenters. The molecule has 1 amide bonds. The van der Waals surface area contributed by atoms with Crippen LogP contribution in [0.15, 0.2) is 54.6 Å². The molecule has 56 heavy (non-hydrogen) atoms. The lowest BCUT2D eigenvalue weighted by Gasteiger charge is -2.53. The highest BCUT2D eigenvalue weighted by molar-refractivity contribution is 6.78. The fraction of sp³-hybridized carbons (Fsp3) is 0.711. The van der Waals surface area contributed by atoms with E-state index in [1.54, 1.807) is 14.2 Å². The number of nitrogens with zero attached hydrogens (tertiary/aromatic N) is 1. The first-order valence-corrected chi connectivity index (χ1v) is 25.3. The van der Waals surface area contributed by atoms with E-state index in [9.17, 15) is 4.79 Å². The average Bonchev–Trinajstić information content (AvgIpc) is 3.15. The fourth-order valence-electron chi connectivity index (χ4n) is 9.81. The highest BCUT2D eigenvalue weighted by atomic mass is 28.4. The molecule has 0 N–H and O–H groups in total. The van der Waals surface area contributed by atoms with E-state index in [0.717, 1.165) is 16.9 Å². The van der Waals surface area contributed by atoms with Gasteiger partial charge in [-0.05, 0) is 63.4 Å². The van der Waals surface area contributed by atoms with Crippen molar-refractivity contribution in [2.75, 3.05) is 27.9 Å². The van der Waals surface area contributed by atoms with Gasteiger partial charge in [0.05, 0.1) is 45.7 Å². The lowest BCUT2D eigenvalue weighted by Crippen LogP contribution is -2.65. The van der Waals surface area contributed by atoms with E-state index in [2.05, 4.69) is 90.0 Å². The topological polar surface area (TPSA) is 84.9 Å². The van der Waals surface area contributed by atoms with Crippen molar-refractivity contribution in [1.29, 1.82) is 0 Å². The predicted molar refractivity (Wildman–Crippen MR) is 232 cm³/mol. The quantitative estimate of drug-likeness (QED) is 0.0910. The summed E-state index contributed by atoms with van der Waals surface area (Å²) in [5.41, 5.74) is 4.06. The molecule has 318 valence electrons. The summed E-state index contributed by atoms with van der Waals surface area (Å²) in [6, 6.07) is 18.0. The van der Waals surface area contributed by atoms with Crippen molar-refractivity contribution in [3.8, 4) is 5.75 Å². The number of benzene rings is 2. The number of hydrogen-bond donors (Lipinski definition) is 0. The Morgan fingerprint density at radius 2 is 1.25 bits per heavy atom. The molecule has 3 rings (SSSR count). The number of carbonyl (C=O) groups is 1. The Morgan fingerprint density at radius 3 is 1.71 bits per heavy atom. The highest BCUT2D eigenvalue weighted by Gasteiger charge is 2.56. The third kappa shape index (κ3) is 10.7. The van der Waals surface area contributed by atoms with E-state index in [1.165, 1.54) is 12.2 Å². The molecule has 1 heterocycles. The van der Waals surface area contributed by atoms with Crippen LogP contribution in [0.25, 0.3) is 0 Å². The number of amides is 1. The van der Waals surface area contributed by atoms with E-state index in [1.807, 2.05) is 61.5 Å². The van der Waals surface area contributed by atoms with Crippen molar-refractivity contribution >= 4 is 22.5 Å². The Balaban J connectivity index is 2.28. The van der Waals surface area contributed by atoms with Crippen LogP contribution in [0.1, 0.15) is 114 Å². The van der Waals surface area contributed by atoms with Gasteiger partial charge in [0.2, 0.25) is 8.32 Å². The Labute approximate surface area is 342 Å². The molecule has 0 aromatic heterocycles. The first-order valence-electron chi connectivity index (χ1n) is 21.0. The van der Waals surface area contributed by atoms with Crippen LogP contribution in [0.2, 0.25) is 33.2 Å². The zero-order valence-corrected chi connectivity index (χ0v) is 39.8. The third-order valence-corrected chi connectivity index (χ3v) is 24.8. The molecular formula is C45H77NO8Si2. The minimum atomic E-state index is -2.51. The van der Waals surface area contributed by atoms with Crippen LogP contribution in [-0.4, -0.2) is 86.0 Å². The molecule has 11 heteroatoms. The normalized spacial score (nSPS) is 22.1. The van der Waals surface area contributed by atoms with Gasteiger partial charge in [-0.25, -0.2) is 5.06 Å². The SMILES string of the molecule is COc1ccc(CO[C@H]2[C@H](O[Si](C(C)C)(C(C)C)C(C)C)[C@@H](C)[C@@H](C(O[C@@H](C)c3ccccc3)C(=O)N(C)OC)O[C@@H]2CO[Si](C(C)C)(C(C)C)C(C)C)cc1. The van der Waals surface area contributed by atoms with E-state index >= 15 is 0 Å². The molecule has 0 saturated carbocycles. The Hall–Kier alpha value is -2.10. The number of carbonyl (C=O) groups excluding carboxylic acids is 1. The molecule has 2 aromatic carbocycles. The van der Waals surface area contributed by atoms with Crippen LogP contribution in [0.3, 0.4) is 0 Å². The number of hydrogen-bond acceptors (Lipinski definition) is 8. The number of methoxy groups -OCH3 is 1. The Kier molecular flexibility index (Phi) is 18.3. The zero-order chi connectivity index (χ0) is 42.1. The largest absolute Gasteiger partial charge is 0.497 e. The van der Waals surface area contributed by atoms with Crippen molar-refractivity contribution in [2.24, 2.45) is 5.92 Å². The molecule has 0 spiro atoms. The molecule has 2 aromatic rings. The van der Waals surface area contributed by atoms with E-state index < -0.39 is 53.3 Å². The van der Waals surface area contributed by atoms with Gasteiger partial charge >= 0.3 is 0 Å². The van der Waals surface area contributed by atoms with Gasteiger partial charge in [0, 0.05) is 13.0 Å². The third-order valence-electron chi connectivity index (χ3n) is 12.7. The van der Waals surface area contributed by atoms with Crippen molar-refractivity contribution in [2.45, 2.75) is 173 Å². The first-order chi connectivity index (χ1) is 26.3. The first kappa shape index (κ1) is 48.3. The van der Waals surface area contributed by atoms with Gasteiger partial charge in [0.15, 0.2) is 14.4 Å². The van der Waals surface area contributed by atoms with Gasteiger partial charge in [-0.2, -0.15) is 0 Å². The van der Waals surface area contributed by atoms with E-state index in [-0.39, 0.29) is 11.8 Å². The Morgan fingerprint density at radius 1 is 0.732 bits per heavy atom. The van der Waals surface area contributed by atoms with Crippen molar-refractivity contribution in [3.05, 3.63) is 65.7 Å². The summed E-state index contributed by atoms with van der Waals surface area (Å²) in [4.78, 5) is 19.9. The molecule has 1 unspecified atom stereocenters. The number of likely N-dealkylation sites (N-methyl/N-ethyl adjacent to an activating group) is 1. The molecule has 0 aliphatic carbocycles. The summed E-state index contributed by atoms with van der Waals surface area (Å²) >= 11 is 0. The van der Waals surface area contributed by atoms with Crippen molar-refractivity contribution in [1.82, 2.24) is 5.06 Å². The number of rotatable bonds is 21. The van der Waals surface area contributed by atoms with Gasteiger partial charge in [0.1, 0.15) is 18.0 Å². The van der Waals surface area contributed by atoms with Crippen molar-refractivity contribution < 1.29 is 37.4 Å². The van der Waals surface area contributed by atoms with E-state index in [4.69, 9.17) is 32.6 Å². The monoisotopic (exact) mass is 816 g/mol. The predicted octanol–water partition coefficient (Wildman–Crippen LogP) is 10.9. The lowest BCUT2D eigenvalue weighted by molar-refractivity contribution is -0.252. The van der Waals surface area contributed by atoms with Crippen LogP contribution in [-0.2, 0) is 39.3 Å². The molecule has 9 nitrogen and oxygen atoms in total. The van der Waals surface area contributed by atoms with Gasteiger partial charge in [-0.3, -0.25) is 9.63 Å². The van der Waals surface area contributed by atoms with Crippen LogP contribution in [0, 0.1) is 5.92 Å².